The Kier molecular flexibility index (Phi) is 42.5. The fraction of sp³-hybridized carbons (Fsp3) is 0.792. The van der Waals surface area contributed by atoms with E-state index in [1.807, 2.05) is 0 Å². The fourth-order valence-electron chi connectivity index (χ4n) is 6.37. The average molecular weight is 854 g/mol. The Morgan fingerprint density at radius 1 is 0.542 bits per heavy atom. The lowest BCUT2D eigenvalue weighted by Gasteiger charge is -2.20. The van der Waals surface area contributed by atoms with Crippen molar-refractivity contribution in [2.75, 3.05) is 26.4 Å². The Morgan fingerprint density at radius 3 is 1.41 bits per heavy atom. The van der Waals surface area contributed by atoms with Crippen molar-refractivity contribution in [3.63, 3.8) is 0 Å². The van der Waals surface area contributed by atoms with Gasteiger partial charge >= 0.3 is 19.8 Å². The van der Waals surface area contributed by atoms with Crippen molar-refractivity contribution in [2.45, 2.75) is 219 Å². The molecule has 0 saturated carbocycles. The molecule has 10 nitrogen and oxygen atoms in total. The summed E-state index contributed by atoms with van der Waals surface area (Å²) in [6.45, 7) is 3.83. The molecule has 4 N–H and O–H groups in total. The van der Waals surface area contributed by atoms with Gasteiger partial charge in [0.1, 0.15) is 12.1 Å². The van der Waals surface area contributed by atoms with Gasteiger partial charge in [-0.15, -0.1) is 0 Å². The zero-order chi connectivity index (χ0) is 43.3. The van der Waals surface area contributed by atoms with Gasteiger partial charge in [0.2, 0.25) is 0 Å². The van der Waals surface area contributed by atoms with Gasteiger partial charge in [-0.25, -0.2) is 4.57 Å². The summed E-state index contributed by atoms with van der Waals surface area (Å²) < 4.78 is 33.4. The number of hydrogen-bond donors (Lipinski definition) is 3. The minimum Gasteiger partial charge on any atom is -0.480 e. The molecule has 3 unspecified atom stereocenters. The fourth-order valence-corrected chi connectivity index (χ4v) is 7.15. The lowest BCUT2D eigenvalue weighted by atomic mass is 10.1. The molecule has 0 bridgehead atoms. The molecule has 0 aliphatic rings. The summed E-state index contributed by atoms with van der Waals surface area (Å²) in [5.41, 5.74) is 5.36. The molecule has 0 aliphatic carbocycles. The van der Waals surface area contributed by atoms with Gasteiger partial charge in [-0.2, -0.15) is 0 Å². The highest BCUT2D eigenvalue weighted by atomic mass is 31.2. The number of carboxylic acid groups (broad SMARTS) is 1. The van der Waals surface area contributed by atoms with Crippen LogP contribution in [0, 0.1) is 0 Å². The molecule has 0 saturated heterocycles. The lowest BCUT2D eigenvalue weighted by Crippen LogP contribution is -2.34. The van der Waals surface area contributed by atoms with Crippen LogP contribution in [-0.2, 0) is 32.7 Å². The molecule has 0 fully saturated rings. The van der Waals surface area contributed by atoms with Crippen LogP contribution < -0.4 is 5.73 Å². The normalized spacial score (nSPS) is 14.2. The SMILES string of the molecule is CCCCC/C=C\C/C=C\CCCCCCCC(=O)OC(COCCCCCCCCCCCC/C=C\C/C=C\CCCCCCC)COP(=O)(O)OCC(N)C(=O)O. The van der Waals surface area contributed by atoms with E-state index in [1.165, 1.54) is 116 Å². The van der Waals surface area contributed by atoms with Crippen LogP contribution in [0.25, 0.3) is 0 Å². The maximum atomic E-state index is 12.6. The zero-order valence-electron chi connectivity index (χ0n) is 37.6. The Bertz CT molecular complexity index is 1130. The van der Waals surface area contributed by atoms with E-state index in [0.29, 0.717) is 13.0 Å². The molecule has 0 aromatic carbocycles. The van der Waals surface area contributed by atoms with Gasteiger partial charge in [-0.3, -0.25) is 18.6 Å². The van der Waals surface area contributed by atoms with E-state index >= 15 is 0 Å². The van der Waals surface area contributed by atoms with Crippen molar-refractivity contribution in [1.29, 1.82) is 0 Å². The number of ether oxygens (including phenoxy) is 2. The Morgan fingerprint density at radius 2 is 0.932 bits per heavy atom. The number of aliphatic carboxylic acids is 1. The molecule has 0 aliphatic heterocycles. The van der Waals surface area contributed by atoms with E-state index in [1.54, 1.807) is 0 Å². The standard InChI is InChI=1S/C48H88NO9P/c1-3-5-7-9-11-13-15-17-19-20-21-22-23-24-25-27-29-31-33-35-37-39-41-55-42-45(43-56-59(53,54)57-44-46(49)48(51)52)58-47(50)40-38-36-34-32-30-28-26-18-16-14-12-10-8-6-4-2/h12,14-15,17-18,20-21,26,45-46H,3-11,13,16,19,22-25,27-44,49H2,1-2H3,(H,51,52)(H,53,54)/b14-12-,17-15-,21-20-,26-18-. The van der Waals surface area contributed by atoms with Crippen molar-refractivity contribution in [2.24, 2.45) is 5.73 Å². The molecule has 0 spiro atoms. The number of allylic oxidation sites excluding steroid dienone is 8. The van der Waals surface area contributed by atoms with Gasteiger partial charge in [0.15, 0.2) is 0 Å². The number of unbranched alkanes of at least 4 members (excludes halogenated alkanes) is 23. The summed E-state index contributed by atoms with van der Waals surface area (Å²) >= 11 is 0. The summed E-state index contributed by atoms with van der Waals surface area (Å²) in [6, 6.07) is -1.48. The van der Waals surface area contributed by atoms with Gasteiger partial charge in [-0.1, -0.05) is 172 Å². The average Bonchev–Trinajstić information content (AvgIpc) is 3.21. The molecule has 0 aromatic rings. The van der Waals surface area contributed by atoms with E-state index in [0.717, 1.165) is 64.2 Å². The van der Waals surface area contributed by atoms with Crippen LogP contribution in [0.1, 0.15) is 206 Å². The number of hydrogen-bond acceptors (Lipinski definition) is 8. The van der Waals surface area contributed by atoms with Crippen LogP contribution in [-0.4, -0.2) is 60.5 Å². The molecular formula is C48H88NO9P. The maximum absolute atomic E-state index is 12.6. The first-order chi connectivity index (χ1) is 28.7. The minimum absolute atomic E-state index is 0.00857. The number of phosphoric ester groups is 1. The van der Waals surface area contributed by atoms with Crippen LogP contribution >= 0.6 is 7.82 Å². The number of nitrogens with two attached hydrogens (primary N) is 1. The monoisotopic (exact) mass is 854 g/mol. The number of carbonyl (C=O) groups excluding carboxylic acids is 1. The van der Waals surface area contributed by atoms with Crippen molar-refractivity contribution < 1.29 is 42.7 Å². The van der Waals surface area contributed by atoms with Crippen molar-refractivity contribution in [3.8, 4) is 0 Å². The lowest BCUT2D eigenvalue weighted by molar-refractivity contribution is -0.154. The van der Waals surface area contributed by atoms with Crippen LogP contribution in [0.15, 0.2) is 48.6 Å². The zero-order valence-corrected chi connectivity index (χ0v) is 38.5. The van der Waals surface area contributed by atoms with Crippen LogP contribution in [0.5, 0.6) is 0 Å². The third-order valence-corrected chi connectivity index (χ3v) is 11.0. The number of carboxylic acids is 1. The van der Waals surface area contributed by atoms with Crippen LogP contribution in [0.2, 0.25) is 0 Å². The minimum atomic E-state index is -4.62. The van der Waals surface area contributed by atoms with Gasteiger partial charge in [0.25, 0.3) is 0 Å². The van der Waals surface area contributed by atoms with Crippen molar-refractivity contribution in [1.82, 2.24) is 0 Å². The van der Waals surface area contributed by atoms with E-state index in [4.69, 9.17) is 29.4 Å². The third kappa shape index (κ3) is 43.8. The summed E-state index contributed by atoms with van der Waals surface area (Å²) in [7, 11) is -4.62. The van der Waals surface area contributed by atoms with E-state index in [-0.39, 0.29) is 13.0 Å². The van der Waals surface area contributed by atoms with E-state index in [2.05, 4.69) is 62.5 Å². The molecule has 0 rings (SSSR count). The third-order valence-electron chi connectivity index (χ3n) is 10.1. The second-order valence-corrected chi connectivity index (χ2v) is 17.3. The Balaban J connectivity index is 4.18. The van der Waals surface area contributed by atoms with Gasteiger partial charge in [0.05, 0.1) is 19.8 Å². The van der Waals surface area contributed by atoms with Gasteiger partial charge < -0.3 is 25.2 Å². The number of carbonyl (C=O) groups is 2. The summed E-state index contributed by atoms with van der Waals surface area (Å²) in [4.78, 5) is 33.6. The van der Waals surface area contributed by atoms with Crippen molar-refractivity contribution >= 4 is 19.8 Å². The van der Waals surface area contributed by atoms with Crippen molar-refractivity contribution in [3.05, 3.63) is 48.6 Å². The predicted molar refractivity (Wildman–Crippen MR) is 244 cm³/mol. The highest BCUT2D eigenvalue weighted by Gasteiger charge is 2.27. The molecular weight excluding hydrogens is 766 g/mol. The molecule has 344 valence electrons. The number of esters is 1. The topological polar surface area (TPSA) is 155 Å². The summed E-state index contributed by atoms with van der Waals surface area (Å²) in [6.07, 6.45) is 51.6. The second kappa shape index (κ2) is 44.0. The number of phosphoric acid groups is 1. The Labute approximate surface area is 360 Å². The predicted octanol–water partition coefficient (Wildman–Crippen LogP) is 13.4. The second-order valence-electron chi connectivity index (χ2n) is 15.9. The smallest absolute Gasteiger partial charge is 0.472 e. The van der Waals surface area contributed by atoms with E-state index in [9.17, 15) is 19.0 Å². The first-order valence-electron chi connectivity index (χ1n) is 23.7. The maximum Gasteiger partial charge on any atom is 0.472 e. The molecule has 0 heterocycles. The molecule has 0 radical (unpaired) electrons. The van der Waals surface area contributed by atoms with E-state index < -0.39 is 45.1 Å². The first kappa shape index (κ1) is 56.9. The first-order valence-corrected chi connectivity index (χ1v) is 25.2. The highest BCUT2D eigenvalue weighted by Crippen LogP contribution is 2.43. The van der Waals surface area contributed by atoms with Crippen LogP contribution in [0.3, 0.4) is 0 Å². The Hall–Kier alpha value is -2.07. The molecule has 0 amide bonds. The van der Waals surface area contributed by atoms with Crippen LogP contribution in [0.4, 0.5) is 0 Å². The van der Waals surface area contributed by atoms with Gasteiger partial charge in [0, 0.05) is 13.0 Å². The molecule has 3 atom stereocenters. The quantitative estimate of drug-likeness (QED) is 0.0233. The molecule has 0 aromatic heterocycles. The molecule has 59 heavy (non-hydrogen) atoms. The summed E-state index contributed by atoms with van der Waals surface area (Å²) in [5, 5.41) is 8.91. The summed E-state index contributed by atoms with van der Waals surface area (Å²) in [5.74, 6) is -1.79. The largest absolute Gasteiger partial charge is 0.480 e. The highest BCUT2D eigenvalue weighted by molar-refractivity contribution is 7.47. The van der Waals surface area contributed by atoms with Gasteiger partial charge in [-0.05, 0) is 77.0 Å². The number of rotatable bonds is 45. The molecule has 11 heteroatoms.